The van der Waals surface area contributed by atoms with Crippen molar-refractivity contribution in [3.05, 3.63) is 35.4 Å². The number of benzene rings is 1. The second-order valence-corrected chi connectivity index (χ2v) is 6.47. The molecule has 1 aliphatic rings. The molecule has 1 saturated heterocycles. The van der Waals surface area contributed by atoms with Gasteiger partial charge in [0.1, 0.15) is 0 Å². The van der Waals surface area contributed by atoms with Gasteiger partial charge in [-0.2, -0.15) is 0 Å². The highest BCUT2D eigenvalue weighted by molar-refractivity contribution is 5.87. The van der Waals surface area contributed by atoms with Crippen molar-refractivity contribution in [2.75, 3.05) is 45.8 Å². The summed E-state index contributed by atoms with van der Waals surface area (Å²) in [6.07, 6.45) is 1.04. The number of carbonyl (C=O) groups is 2. The first-order valence-electron chi connectivity index (χ1n) is 9.08. The van der Waals surface area contributed by atoms with E-state index in [0.29, 0.717) is 12.1 Å². The highest BCUT2D eigenvalue weighted by Crippen LogP contribution is 2.11. The Morgan fingerprint density at radius 2 is 1.60 bits per heavy atom. The number of carbonyl (C=O) groups excluding carboxylic acids is 1. The summed E-state index contributed by atoms with van der Waals surface area (Å²) in [5.74, 6) is -0.683. The summed E-state index contributed by atoms with van der Waals surface area (Å²) < 4.78 is 0. The van der Waals surface area contributed by atoms with E-state index in [9.17, 15) is 9.59 Å². The van der Waals surface area contributed by atoms with Crippen LogP contribution in [0.1, 0.15) is 36.2 Å². The fourth-order valence-corrected chi connectivity index (χ4v) is 3.22. The molecule has 138 valence electrons. The maximum atomic E-state index is 12.3. The van der Waals surface area contributed by atoms with Gasteiger partial charge in [0.2, 0.25) is 5.91 Å². The Morgan fingerprint density at radius 3 is 2.20 bits per heavy atom. The minimum Gasteiger partial charge on any atom is -0.478 e. The molecule has 1 aromatic rings. The molecule has 0 radical (unpaired) electrons. The van der Waals surface area contributed by atoms with E-state index in [1.54, 1.807) is 12.1 Å². The molecule has 1 heterocycles. The number of likely N-dealkylation sites (N-methyl/N-ethyl adjacent to an activating group) is 1. The molecule has 6 heteroatoms. The standard InChI is InChI=1S/C19H29N3O3/c1-3-22(4-2)18(23)15-21-11-5-10-20(12-13-21)14-16-6-8-17(9-7-16)19(24)25/h6-9H,3-5,10-15H2,1-2H3,(H,24,25). The predicted molar refractivity (Wildman–Crippen MR) is 97.7 cm³/mol. The lowest BCUT2D eigenvalue weighted by Crippen LogP contribution is -2.41. The number of carboxylic acid groups (broad SMARTS) is 1. The van der Waals surface area contributed by atoms with Gasteiger partial charge in [0.25, 0.3) is 0 Å². The zero-order valence-electron chi connectivity index (χ0n) is 15.3. The number of hydrogen-bond acceptors (Lipinski definition) is 4. The van der Waals surface area contributed by atoms with E-state index in [2.05, 4.69) is 9.80 Å². The average molecular weight is 347 g/mol. The molecule has 0 aromatic heterocycles. The van der Waals surface area contributed by atoms with E-state index in [0.717, 1.165) is 57.8 Å². The topological polar surface area (TPSA) is 64.1 Å². The normalized spacial score (nSPS) is 16.4. The molecule has 0 bridgehead atoms. The third-order valence-corrected chi connectivity index (χ3v) is 4.76. The Kier molecular flexibility index (Phi) is 7.40. The third kappa shape index (κ3) is 5.83. The molecule has 25 heavy (non-hydrogen) atoms. The highest BCUT2D eigenvalue weighted by atomic mass is 16.4. The fraction of sp³-hybridized carbons (Fsp3) is 0.579. The summed E-state index contributed by atoms with van der Waals surface area (Å²) in [4.78, 5) is 29.7. The van der Waals surface area contributed by atoms with E-state index in [-0.39, 0.29) is 5.91 Å². The quantitative estimate of drug-likeness (QED) is 0.814. The molecule has 2 rings (SSSR count). The van der Waals surface area contributed by atoms with E-state index in [1.807, 2.05) is 30.9 Å². The number of hydrogen-bond donors (Lipinski definition) is 1. The minimum atomic E-state index is -0.894. The SMILES string of the molecule is CCN(CC)C(=O)CN1CCCN(Cc2ccc(C(=O)O)cc2)CC1. The number of aromatic carboxylic acids is 1. The summed E-state index contributed by atoms with van der Waals surface area (Å²) in [6, 6.07) is 7.08. The minimum absolute atomic E-state index is 0.211. The van der Waals surface area contributed by atoms with Crippen molar-refractivity contribution in [3.8, 4) is 0 Å². The van der Waals surface area contributed by atoms with Crippen molar-refractivity contribution >= 4 is 11.9 Å². The zero-order chi connectivity index (χ0) is 18.2. The van der Waals surface area contributed by atoms with Crippen LogP contribution < -0.4 is 0 Å². The summed E-state index contributed by atoms with van der Waals surface area (Å²) in [5.41, 5.74) is 1.44. The second kappa shape index (κ2) is 9.53. The van der Waals surface area contributed by atoms with Gasteiger partial charge >= 0.3 is 5.97 Å². The molecule has 1 aliphatic heterocycles. The molecular formula is C19H29N3O3. The molecule has 1 aromatic carbocycles. The van der Waals surface area contributed by atoms with Gasteiger partial charge in [-0.25, -0.2) is 4.79 Å². The maximum absolute atomic E-state index is 12.3. The number of nitrogens with zero attached hydrogens (tertiary/aromatic N) is 3. The Labute approximate surface area is 150 Å². The van der Waals surface area contributed by atoms with Gasteiger partial charge < -0.3 is 10.0 Å². The Balaban J connectivity index is 1.84. The van der Waals surface area contributed by atoms with E-state index < -0.39 is 5.97 Å². The Morgan fingerprint density at radius 1 is 1.00 bits per heavy atom. The fourth-order valence-electron chi connectivity index (χ4n) is 3.22. The van der Waals surface area contributed by atoms with Gasteiger partial charge in [-0.05, 0) is 51.1 Å². The molecule has 0 saturated carbocycles. The summed E-state index contributed by atoms with van der Waals surface area (Å²) >= 11 is 0. The van der Waals surface area contributed by atoms with Crippen LogP contribution in [0.15, 0.2) is 24.3 Å². The van der Waals surface area contributed by atoms with Gasteiger partial charge in [0, 0.05) is 32.7 Å². The number of carboxylic acids is 1. The molecule has 1 N–H and O–H groups in total. The van der Waals surface area contributed by atoms with Crippen molar-refractivity contribution in [2.24, 2.45) is 0 Å². The molecule has 0 atom stereocenters. The van der Waals surface area contributed by atoms with Crippen LogP contribution in [0.5, 0.6) is 0 Å². The van der Waals surface area contributed by atoms with E-state index in [1.165, 1.54) is 0 Å². The van der Waals surface area contributed by atoms with Crippen molar-refractivity contribution in [3.63, 3.8) is 0 Å². The van der Waals surface area contributed by atoms with Crippen molar-refractivity contribution in [1.82, 2.24) is 14.7 Å². The average Bonchev–Trinajstić information content (AvgIpc) is 2.82. The molecule has 0 aliphatic carbocycles. The van der Waals surface area contributed by atoms with Gasteiger partial charge in [-0.1, -0.05) is 12.1 Å². The van der Waals surface area contributed by atoms with Crippen LogP contribution in [-0.2, 0) is 11.3 Å². The number of amides is 1. The van der Waals surface area contributed by atoms with Gasteiger partial charge in [0.05, 0.1) is 12.1 Å². The second-order valence-electron chi connectivity index (χ2n) is 6.47. The first kappa shape index (κ1) is 19.4. The van der Waals surface area contributed by atoms with E-state index >= 15 is 0 Å². The zero-order valence-corrected chi connectivity index (χ0v) is 15.3. The molecule has 0 unspecified atom stereocenters. The van der Waals surface area contributed by atoms with Crippen LogP contribution in [0.4, 0.5) is 0 Å². The van der Waals surface area contributed by atoms with Crippen LogP contribution in [0.25, 0.3) is 0 Å². The first-order valence-corrected chi connectivity index (χ1v) is 9.08. The molecule has 0 spiro atoms. The smallest absolute Gasteiger partial charge is 0.335 e. The monoisotopic (exact) mass is 347 g/mol. The lowest BCUT2D eigenvalue weighted by molar-refractivity contribution is -0.132. The first-order chi connectivity index (χ1) is 12.0. The van der Waals surface area contributed by atoms with Gasteiger partial charge in [0.15, 0.2) is 0 Å². The van der Waals surface area contributed by atoms with Crippen LogP contribution in [0.3, 0.4) is 0 Å². The van der Waals surface area contributed by atoms with E-state index in [4.69, 9.17) is 5.11 Å². The molecule has 6 nitrogen and oxygen atoms in total. The van der Waals surface area contributed by atoms with Gasteiger partial charge in [-0.3, -0.25) is 14.6 Å². The number of rotatable bonds is 7. The largest absolute Gasteiger partial charge is 0.478 e. The lowest BCUT2D eigenvalue weighted by atomic mass is 10.1. The highest BCUT2D eigenvalue weighted by Gasteiger charge is 2.19. The van der Waals surface area contributed by atoms with Crippen LogP contribution in [-0.4, -0.2) is 77.5 Å². The summed E-state index contributed by atoms with van der Waals surface area (Å²) in [7, 11) is 0. The van der Waals surface area contributed by atoms with Crippen molar-refractivity contribution in [2.45, 2.75) is 26.8 Å². The van der Waals surface area contributed by atoms with Crippen LogP contribution >= 0.6 is 0 Å². The Hall–Kier alpha value is -1.92. The van der Waals surface area contributed by atoms with Crippen LogP contribution in [0.2, 0.25) is 0 Å². The van der Waals surface area contributed by atoms with Crippen molar-refractivity contribution in [1.29, 1.82) is 0 Å². The molecule has 1 amide bonds. The van der Waals surface area contributed by atoms with Crippen molar-refractivity contribution < 1.29 is 14.7 Å². The molecule has 1 fully saturated rings. The maximum Gasteiger partial charge on any atom is 0.335 e. The van der Waals surface area contributed by atoms with Gasteiger partial charge in [-0.15, -0.1) is 0 Å². The van der Waals surface area contributed by atoms with Crippen LogP contribution in [0, 0.1) is 0 Å². The Bertz CT molecular complexity index is 570. The molecular weight excluding hydrogens is 318 g/mol. The lowest BCUT2D eigenvalue weighted by Gasteiger charge is -2.25. The summed E-state index contributed by atoms with van der Waals surface area (Å²) in [5, 5.41) is 8.96. The predicted octanol–water partition coefficient (Wildman–Crippen LogP) is 1.76. The third-order valence-electron chi connectivity index (χ3n) is 4.76. The summed E-state index contributed by atoms with van der Waals surface area (Å²) in [6.45, 7) is 10.6.